The van der Waals surface area contributed by atoms with Gasteiger partial charge in [-0.2, -0.15) is 13.2 Å². The summed E-state index contributed by atoms with van der Waals surface area (Å²) in [4.78, 5) is 12.9. The summed E-state index contributed by atoms with van der Waals surface area (Å²) in [5, 5.41) is 5.99. The second-order valence-corrected chi connectivity index (χ2v) is 7.15. The molecule has 1 aliphatic rings. The fourth-order valence-electron chi connectivity index (χ4n) is 2.86. The van der Waals surface area contributed by atoms with Gasteiger partial charge in [-0.25, -0.2) is 0 Å². The summed E-state index contributed by atoms with van der Waals surface area (Å²) in [6.45, 7) is 0.854. The molecule has 2 aromatic carbocycles. The van der Waals surface area contributed by atoms with Crippen LogP contribution in [0.5, 0.6) is 0 Å². The van der Waals surface area contributed by atoms with E-state index in [1.165, 1.54) is 23.9 Å². The number of anilines is 1. The lowest BCUT2D eigenvalue weighted by Crippen LogP contribution is -2.35. The van der Waals surface area contributed by atoms with Crippen molar-refractivity contribution in [2.45, 2.75) is 35.7 Å². The highest BCUT2D eigenvalue weighted by molar-refractivity contribution is 7.98. The van der Waals surface area contributed by atoms with Crippen LogP contribution < -0.4 is 10.6 Å². The van der Waals surface area contributed by atoms with E-state index in [0.717, 1.165) is 30.3 Å². The number of nitrogens with one attached hydrogen (secondary N) is 2. The molecule has 1 atom stereocenters. The number of alkyl halides is 3. The third-order valence-corrected chi connectivity index (χ3v) is 5.28. The number of halogens is 3. The highest BCUT2D eigenvalue weighted by Gasteiger charge is 2.32. The van der Waals surface area contributed by atoms with E-state index in [1.807, 2.05) is 0 Å². The van der Waals surface area contributed by atoms with Crippen molar-refractivity contribution in [2.24, 2.45) is 0 Å². The molecule has 1 aliphatic heterocycles. The minimum atomic E-state index is -4.35. The number of hydrogen-bond acceptors (Lipinski definition) is 3. The van der Waals surface area contributed by atoms with Crippen LogP contribution in [0.4, 0.5) is 18.9 Å². The van der Waals surface area contributed by atoms with E-state index in [-0.39, 0.29) is 23.3 Å². The van der Waals surface area contributed by atoms with Crippen molar-refractivity contribution in [1.29, 1.82) is 0 Å². The Kier molecular flexibility index (Phi) is 5.88. The number of thioether (sulfide) groups is 1. The molecule has 26 heavy (non-hydrogen) atoms. The Morgan fingerprint density at radius 2 is 1.88 bits per heavy atom. The van der Waals surface area contributed by atoms with Gasteiger partial charge in [-0.1, -0.05) is 18.2 Å². The summed E-state index contributed by atoms with van der Waals surface area (Å²) < 4.78 is 39.1. The summed E-state index contributed by atoms with van der Waals surface area (Å²) in [6, 6.07) is 12.6. The fraction of sp³-hybridized carbons (Fsp3) is 0.316. The zero-order valence-electron chi connectivity index (χ0n) is 14.0. The number of carbonyl (C=O) groups excluding carboxylic acids is 1. The third-order valence-electron chi connectivity index (χ3n) is 4.22. The molecular weight excluding hydrogens is 361 g/mol. The average Bonchev–Trinajstić information content (AvgIpc) is 3.15. The van der Waals surface area contributed by atoms with Gasteiger partial charge in [0, 0.05) is 16.3 Å². The number of benzene rings is 2. The molecule has 0 spiro atoms. The largest absolute Gasteiger partial charge is 0.416 e. The van der Waals surface area contributed by atoms with E-state index in [4.69, 9.17) is 0 Å². The number of rotatable bonds is 5. The van der Waals surface area contributed by atoms with Gasteiger partial charge in [-0.3, -0.25) is 4.79 Å². The molecule has 1 heterocycles. The Morgan fingerprint density at radius 1 is 1.15 bits per heavy atom. The van der Waals surface area contributed by atoms with E-state index >= 15 is 0 Å². The minimum absolute atomic E-state index is 0.0537. The summed E-state index contributed by atoms with van der Waals surface area (Å²) >= 11 is 1.33. The van der Waals surface area contributed by atoms with Gasteiger partial charge >= 0.3 is 6.18 Å². The first kappa shape index (κ1) is 18.8. The van der Waals surface area contributed by atoms with Gasteiger partial charge in [0.1, 0.15) is 0 Å². The zero-order chi connectivity index (χ0) is 18.6. The van der Waals surface area contributed by atoms with Crippen molar-refractivity contribution in [2.75, 3.05) is 11.9 Å². The monoisotopic (exact) mass is 380 g/mol. The first-order valence-corrected chi connectivity index (χ1v) is 9.34. The van der Waals surface area contributed by atoms with E-state index in [2.05, 4.69) is 10.6 Å². The van der Waals surface area contributed by atoms with E-state index in [0.29, 0.717) is 5.69 Å². The smallest absolute Gasteiger partial charge is 0.325 e. The number of carbonyl (C=O) groups is 1. The molecule has 1 amide bonds. The Morgan fingerprint density at radius 3 is 2.54 bits per heavy atom. The predicted molar refractivity (Wildman–Crippen MR) is 97.1 cm³/mol. The van der Waals surface area contributed by atoms with Gasteiger partial charge in [0.25, 0.3) is 0 Å². The minimum Gasteiger partial charge on any atom is -0.325 e. The maximum Gasteiger partial charge on any atom is 0.416 e. The molecule has 3 nitrogen and oxygen atoms in total. The average molecular weight is 380 g/mol. The van der Waals surface area contributed by atoms with Crippen molar-refractivity contribution < 1.29 is 18.0 Å². The first-order valence-electron chi connectivity index (χ1n) is 8.36. The molecular formula is C19H19F3N2OS. The molecule has 2 N–H and O–H groups in total. The van der Waals surface area contributed by atoms with Crippen molar-refractivity contribution >= 4 is 23.4 Å². The molecule has 1 unspecified atom stereocenters. The Balaban J connectivity index is 1.59. The Labute approximate surface area is 154 Å². The van der Waals surface area contributed by atoms with Crippen LogP contribution in [0.3, 0.4) is 0 Å². The lowest BCUT2D eigenvalue weighted by atomic mass is 10.1. The second-order valence-electron chi connectivity index (χ2n) is 6.11. The van der Waals surface area contributed by atoms with E-state index in [9.17, 15) is 18.0 Å². The summed E-state index contributed by atoms with van der Waals surface area (Å²) in [6.07, 6.45) is -2.52. The van der Waals surface area contributed by atoms with Crippen LogP contribution in [0, 0.1) is 0 Å². The maximum absolute atomic E-state index is 13.0. The molecule has 7 heteroatoms. The van der Waals surface area contributed by atoms with Crippen LogP contribution in [0.2, 0.25) is 0 Å². The van der Waals surface area contributed by atoms with Crippen molar-refractivity contribution in [3.05, 3.63) is 59.7 Å². The molecule has 2 aromatic rings. The lowest BCUT2D eigenvalue weighted by molar-refractivity contribution is -0.138. The molecule has 0 aliphatic carbocycles. The molecule has 1 saturated heterocycles. The van der Waals surface area contributed by atoms with Crippen molar-refractivity contribution in [3.63, 3.8) is 0 Å². The van der Waals surface area contributed by atoms with Crippen molar-refractivity contribution in [1.82, 2.24) is 5.32 Å². The van der Waals surface area contributed by atoms with Gasteiger partial charge in [-0.05, 0) is 55.3 Å². The lowest BCUT2D eigenvalue weighted by Gasteiger charge is -2.13. The molecule has 138 valence electrons. The quantitative estimate of drug-likeness (QED) is 0.740. The number of hydrogen-bond donors (Lipinski definition) is 2. The highest BCUT2D eigenvalue weighted by atomic mass is 32.2. The predicted octanol–water partition coefficient (Wildman–Crippen LogP) is 4.69. The van der Waals surface area contributed by atoms with Crippen LogP contribution in [0.1, 0.15) is 24.0 Å². The van der Waals surface area contributed by atoms with Gasteiger partial charge in [0.05, 0.1) is 11.6 Å². The molecule has 0 saturated carbocycles. The molecule has 0 aromatic heterocycles. The second kappa shape index (κ2) is 8.14. The summed E-state index contributed by atoms with van der Waals surface area (Å²) in [5.74, 6) is 0.176. The van der Waals surface area contributed by atoms with Crippen LogP contribution >= 0.6 is 11.8 Å². The first-order chi connectivity index (χ1) is 12.4. The van der Waals surface area contributed by atoms with Gasteiger partial charge in [0.2, 0.25) is 5.91 Å². The Bertz CT molecular complexity index is 756. The maximum atomic E-state index is 13.0. The van der Waals surface area contributed by atoms with Gasteiger partial charge < -0.3 is 10.6 Å². The van der Waals surface area contributed by atoms with E-state index < -0.39 is 11.7 Å². The van der Waals surface area contributed by atoms with Crippen LogP contribution in [0.25, 0.3) is 0 Å². The normalized spacial score (nSPS) is 17.3. The Hall–Kier alpha value is -1.99. The molecule has 3 rings (SSSR count). The van der Waals surface area contributed by atoms with Crippen LogP contribution in [-0.4, -0.2) is 18.5 Å². The van der Waals surface area contributed by atoms with E-state index in [1.54, 1.807) is 30.3 Å². The van der Waals surface area contributed by atoms with Crippen molar-refractivity contribution in [3.8, 4) is 0 Å². The fourth-order valence-corrected chi connectivity index (χ4v) is 3.76. The molecule has 1 fully saturated rings. The standard InChI is InChI=1S/C19H19F3N2OS/c20-19(21,22)16-5-2-1-4-13(16)12-26-15-9-7-14(8-10-15)24-18(25)17-6-3-11-23-17/h1-2,4-5,7-10,17,23H,3,6,11-12H2,(H,24,25). The number of amides is 1. The van der Waals surface area contributed by atoms with Crippen LogP contribution in [0.15, 0.2) is 53.4 Å². The topological polar surface area (TPSA) is 41.1 Å². The summed E-state index contributed by atoms with van der Waals surface area (Å²) in [7, 11) is 0. The SMILES string of the molecule is O=C(Nc1ccc(SCc2ccccc2C(F)(F)F)cc1)C1CCCN1. The molecule has 0 bridgehead atoms. The summed E-state index contributed by atoms with van der Waals surface area (Å²) in [5.41, 5.74) is 0.346. The highest BCUT2D eigenvalue weighted by Crippen LogP contribution is 2.34. The van der Waals surface area contributed by atoms with Gasteiger partial charge in [-0.15, -0.1) is 11.8 Å². The third kappa shape index (κ3) is 4.80. The zero-order valence-corrected chi connectivity index (χ0v) is 14.8. The van der Waals surface area contributed by atoms with Gasteiger partial charge in [0.15, 0.2) is 0 Å². The van der Waals surface area contributed by atoms with Crippen LogP contribution in [-0.2, 0) is 16.7 Å². The molecule has 0 radical (unpaired) electrons.